The Morgan fingerprint density at radius 1 is 1.39 bits per heavy atom. The average molecular weight is 250 g/mol. The Bertz CT molecular complexity index is 583. The van der Waals surface area contributed by atoms with E-state index in [1.165, 1.54) is 6.07 Å². The Balaban J connectivity index is 2.24. The van der Waals surface area contributed by atoms with Crippen LogP contribution in [0.25, 0.3) is 11.2 Å². The number of aromatic nitrogens is 2. The summed E-state index contributed by atoms with van der Waals surface area (Å²) >= 11 is 0. The number of carbonyl (C=O) groups is 1. The van der Waals surface area contributed by atoms with Crippen molar-refractivity contribution in [1.82, 2.24) is 9.97 Å². The van der Waals surface area contributed by atoms with Crippen molar-refractivity contribution in [1.29, 1.82) is 0 Å². The van der Waals surface area contributed by atoms with Gasteiger partial charge in [-0.25, -0.2) is 9.78 Å². The van der Waals surface area contributed by atoms with Crippen LogP contribution in [0, 0.1) is 0 Å². The van der Waals surface area contributed by atoms with E-state index in [9.17, 15) is 4.79 Å². The molecule has 1 N–H and O–H groups in total. The van der Waals surface area contributed by atoms with Crippen LogP contribution in [-0.4, -0.2) is 26.6 Å². The van der Waals surface area contributed by atoms with E-state index in [-0.39, 0.29) is 23.5 Å². The molecule has 0 aromatic carbocycles. The van der Waals surface area contributed by atoms with E-state index in [4.69, 9.17) is 14.3 Å². The molecule has 0 fully saturated rings. The van der Waals surface area contributed by atoms with Crippen molar-refractivity contribution in [2.24, 2.45) is 0 Å². The van der Waals surface area contributed by atoms with Crippen molar-refractivity contribution < 1.29 is 19.1 Å². The monoisotopic (exact) mass is 250 g/mol. The molecule has 0 atom stereocenters. The summed E-state index contributed by atoms with van der Waals surface area (Å²) in [7, 11) is 0. The van der Waals surface area contributed by atoms with Gasteiger partial charge in [0.25, 0.3) is 0 Å². The van der Waals surface area contributed by atoms with Gasteiger partial charge in [-0.3, -0.25) is 0 Å². The zero-order valence-corrected chi connectivity index (χ0v) is 10.4. The van der Waals surface area contributed by atoms with Crippen LogP contribution in [0.1, 0.15) is 37.2 Å². The second kappa shape index (κ2) is 4.38. The van der Waals surface area contributed by atoms with Gasteiger partial charge in [0.2, 0.25) is 5.89 Å². The van der Waals surface area contributed by atoms with Crippen LogP contribution in [-0.2, 0) is 11.3 Å². The Morgan fingerprint density at radius 3 is 2.72 bits per heavy atom. The minimum Gasteiger partial charge on any atom is -0.477 e. The van der Waals surface area contributed by atoms with Crippen LogP contribution in [0.2, 0.25) is 0 Å². The molecule has 0 bridgehead atoms. The summed E-state index contributed by atoms with van der Waals surface area (Å²) in [6.45, 7) is 6.01. The van der Waals surface area contributed by atoms with E-state index in [1.807, 2.05) is 20.8 Å². The summed E-state index contributed by atoms with van der Waals surface area (Å²) in [5.41, 5.74) is 0.384. The molecule has 0 radical (unpaired) electrons. The number of rotatable bonds is 3. The maximum atomic E-state index is 10.8. The second-order valence-corrected chi connectivity index (χ2v) is 4.83. The van der Waals surface area contributed by atoms with Gasteiger partial charge in [0.05, 0.1) is 5.60 Å². The standard InChI is InChI=1S/C12H14N2O4/c1-12(2,3)17-6-9-14-10-8(18-9)5-4-7(13-10)11(15)16/h4-5H,6H2,1-3H3,(H,15,16). The highest BCUT2D eigenvalue weighted by Gasteiger charge is 2.15. The van der Waals surface area contributed by atoms with Crippen molar-refractivity contribution >= 4 is 17.2 Å². The minimum atomic E-state index is -1.09. The van der Waals surface area contributed by atoms with E-state index in [0.717, 1.165) is 0 Å². The van der Waals surface area contributed by atoms with Gasteiger partial charge in [-0.05, 0) is 32.9 Å². The lowest BCUT2D eigenvalue weighted by atomic mass is 10.2. The van der Waals surface area contributed by atoms with Crippen LogP contribution in [0.4, 0.5) is 0 Å². The molecule has 6 nitrogen and oxygen atoms in total. The van der Waals surface area contributed by atoms with E-state index in [1.54, 1.807) is 6.07 Å². The van der Waals surface area contributed by atoms with Gasteiger partial charge in [-0.1, -0.05) is 0 Å². The molecule has 0 spiro atoms. The van der Waals surface area contributed by atoms with Crippen molar-refractivity contribution in [3.05, 3.63) is 23.7 Å². The molecule has 0 saturated heterocycles. The topological polar surface area (TPSA) is 85.5 Å². The number of nitrogens with zero attached hydrogens (tertiary/aromatic N) is 2. The minimum absolute atomic E-state index is 0.0564. The van der Waals surface area contributed by atoms with E-state index < -0.39 is 5.97 Å². The first-order chi connectivity index (χ1) is 8.35. The zero-order valence-electron chi connectivity index (χ0n) is 10.4. The summed E-state index contributed by atoms with van der Waals surface area (Å²) < 4.78 is 10.9. The Kier molecular flexibility index (Phi) is 3.04. The van der Waals surface area contributed by atoms with Crippen LogP contribution in [0.3, 0.4) is 0 Å². The number of carboxylic acids is 1. The highest BCUT2D eigenvalue weighted by atomic mass is 16.5. The molecule has 2 rings (SSSR count). The van der Waals surface area contributed by atoms with Crippen molar-refractivity contribution in [2.75, 3.05) is 0 Å². The Hall–Kier alpha value is -1.95. The molecule has 0 saturated carbocycles. The molecule has 6 heteroatoms. The SMILES string of the molecule is CC(C)(C)OCc1nc2nc(C(=O)O)ccc2o1. The quantitative estimate of drug-likeness (QED) is 0.899. The van der Waals surface area contributed by atoms with Gasteiger partial charge in [0.15, 0.2) is 16.9 Å². The van der Waals surface area contributed by atoms with Gasteiger partial charge >= 0.3 is 5.97 Å². The fourth-order valence-electron chi connectivity index (χ4n) is 1.32. The Morgan fingerprint density at radius 2 is 2.11 bits per heavy atom. The molecule has 0 aliphatic rings. The van der Waals surface area contributed by atoms with Gasteiger partial charge in [0.1, 0.15) is 6.61 Å². The number of pyridine rings is 1. The van der Waals surface area contributed by atoms with Crippen LogP contribution >= 0.6 is 0 Å². The number of hydrogen-bond acceptors (Lipinski definition) is 5. The predicted molar refractivity (Wildman–Crippen MR) is 63.3 cm³/mol. The smallest absolute Gasteiger partial charge is 0.354 e. The van der Waals surface area contributed by atoms with Crippen LogP contribution in [0.15, 0.2) is 16.5 Å². The third-order valence-electron chi connectivity index (χ3n) is 2.15. The molecule has 2 aromatic rings. The summed E-state index contributed by atoms with van der Waals surface area (Å²) in [4.78, 5) is 18.7. The first kappa shape index (κ1) is 12.5. The third kappa shape index (κ3) is 2.84. The molecule has 18 heavy (non-hydrogen) atoms. The highest BCUT2D eigenvalue weighted by Crippen LogP contribution is 2.17. The Labute approximate surface area is 104 Å². The maximum Gasteiger partial charge on any atom is 0.354 e. The van der Waals surface area contributed by atoms with Gasteiger partial charge in [-0.15, -0.1) is 0 Å². The van der Waals surface area contributed by atoms with Crippen molar-refractivity contribution in [3.8, 4) is 0 Å². The predicted octanol–water partition coefficient (Wildman–Crippen LogP) is 2.24. The number of hydrogen-bond donors (Lipinski definition) is 1. The summed E-state index contributed by atoms with van der Waals surface area (Å²) in [5.74, 6) is -0.706. The first-order valence-electron chi connectivity index (χ1n) is 5.49. The molecule has 0 unspecified atom stereocenters. The summed E-state index contributed by atoms with van der Waals surface area (Å²) in [6, 6.07) is 2.92. The summed E-state index contributed by atoms with van der Waals surface area (Å²) in [5, 5.41) is 8.82. The molecule has 2 heterocycles. The third-order valence-corrected chi connectivity index (χ3v) is 2.15. The van der Waals surface area contributed by atoms with E-state index in [0.29, 0.717) is 11.5 Å². The van der Waals surface area contributed by atoms with E-state index >= 15 is 0 Å². The number of fused-ring (bicyclic) bond motifs is 1. The number of ether oxygens (including phenoxy) is 1. The molecular weight excluding hydrogens is 236 g/mol. The average Bonchev–Trinajstić information content (AvgIpc) is 2.66. The van der Waals surface area contributed by atoms with Gasteiger partial charge < -0.3 is 14.3 Å². The fourth-order valence-corrected chi connectivity index (χ4v) is 1.32. The molecule has 0 amide bonds. The molecule has 0 aliphatic carbocycles. The van der Waals surface area contributed by atoms with Crippen LogP contribution < -0.4 is 0 Å². The fraction of sp³-hybridized carbons (Fsp3) is 0.417. The lowest BCUT2D eigenvalue weighted by Crippen LogP contribution is -2.18. The molecular formula is C12H14N2O4. The second-order valence-electron chi connectivity index (χ2n) is 4.83. The largest absolute Gasteiger partial charge is 0.477 e. The number of oxazole rings is 1. The van der Waals surface area contributed by atoms with Gasteiger partial charge in [0, 0.05) is 0 Å². The normalized spacial score (nSPS) is 11.9. The van der Waals surface area contributed by atoms with Crippen LogP contribution in [0.5, 0.6) is 0 Å². The highest BCUT2D eigenvalue weighted by molar-refractivity contribution is 5.87. The van der Waals surface area contributed by atoms with Crippen molar-refractivity contribution in [2.45, 2.75) is 33.0 Å². The summed E-state index contributed by atoms with van der Waals surface area (Å²) in [6.07, 6.45) is 0. The van der Waals surface area contributed by atoms with Crippen molar-refractivity contribution in [3.63, 3.8) is 0 Å². The van der Waals surface area contributed by atoms with E-state index in [2.05, 4.69) is 9.97 Å². The van der Waals surface area contributed by atoms with Gasteiger partial charge in [-0.2, -0.15) is 4.98 Å². The molecule has 2 aromatic heterocycles. The lowest BCUT2D eigenvalue weighted by molar-refractivity contribution is -0.0238. The zero-order chi connectivity index (χ0) is 13.3. The molecule has 96 valence electrons. The number of aromatic carboxylic acids is 1. The lowest BCUT2D eigenvalue weighted by Gasteiger charge is -2.17. The maximum absolute atomic E-state index is 10.8. The first-order valence-corrected chi connectivity index (χ1v) is 5.49. The molecule has 0 aliphatic heterocycles. The number of carboxylic acid groups (broad SMARTS) is 1.